The van der Waals surface area contributed by atoms with Gasteiger partial charge in [-0.1, -0.05) is 11.6 Å². The number of amides is 1. The maximum absolute atomic E-state index is 12.0. The van der Waals surface area contributed by atoms with Crippen molar-refractivity contribution in [2.45, 2.75) is 6.92 Å². The number of carbonyl (C=O) groups excluding carboxylic acids is 1. The third kappa shape index (κ3) is 3.13. The highest BCUT2D eigenvalue weighted by Crippen LogP contribution is 2.20. The Balaban J connectivity index is 2.19. The largest absolute Gasteiger partial charge is 0.322 e. The molecule has 0 aliphatic carbocycles. The Labute approximate surface area is 120 Å². The minimum atomic E-state index is -0.476. The molecule has 0 fully saturated rings. The summed E-state index contributed by atoms with van der Waals surface area (Å²) >= 11 is 5.76. The van der Waals surface area contributed by atoms with Gasteiger partial charge in [0.05, 0.1) is 4.92 Å². The van der Waals surface area contributed by atoms with E-state index in [2.05, 4.69) is 5.32 Å². The Bertz CT molecular complexity index is 669. The molecule has 0 radical (unpaired) electrons. The van der Waals surface area contributed by atoms with E-state index in [0.29, 0.717) is 21.8 Å². The van der Waals surface area contributed by atoms with E-state index >= 15 is 0 Å². The summed E-state index contributed by atoms with van der Waals surface area (Å²) in [4.78, 5) is 22.3. The fraction of sp³-hybridized carbons (Fsp3) is 0.0714. The van der Waals surface area contributed by atoms with Gasteiger partial charge in [0.15, 0.2) is 0 Å². The van der Waals surface area contributed by atoms with Crippen LogP contribution >= 0.6 is 11.6 Å². The van der Waals surface area contributed by atoms with Gasteiger partial charge in [-0.3, -0.25) is 14.9 Å². The first-order valence-electron chi connectivity index (χ1n) is 5.79. The lowest BCUT2D eigenvalue weighted by molar-refractivity contribution is -0.385. The van der Waals surface area contributed by atoms with Gasteiger partial charge in [-0.2, -0.15) is 0 Å². The van der Waals surface area contributed by atoms with Gasteiger partial charge in [0.1, 0.15) is 0 Å². The molecule has 0 aliphatic heterocycles. The maximum atomic E-state index is 12.0. The van der Waals surface area contributed by atoms with E-state index in [9.17, 15) is 14.9 Å². The fourth-order valence-electron chi connectivity index (χ4n) is 1.74. The average Bonchev–Trinajstić information content (AvgIpc) is 2.40. The van der Waals surface area contributed by atoms with Crippen LogP contribution in [0, 0.1) is 17.0 Å². The molecule has 6 heteroatoms. The Hall–Kier alpha value is -2.40. The molecule has 0 atom stereocenters. The fourth-order valence-corrected chi connectivity index (χ4v) is 1.86. The van der Waals surface area contributed by atoms with E-state index in [-0.39, 0.29) is 11.6 Å². The van der Waals surface area contributed by atoms with E-state index in [4.69, 9.17) is 11.6 Å². The Morgan fingerprint density at radius 1 is 1.20 bits per heavy atom. The van der Waals surface area contributed by atoms with Crippen molar-refractivity contribution in [1.82, 2.24) is 0 Å². The molecular weight excluding hydrogens is 280 g/mol. The standard InChI is InChI=1S/C14H11ClN2O3/c1-9-8-10(2-7-13(9)17(19)20)14(18)16-12-5-3-11(15)4-6-12/h2-8H,1H3,(H,16,18). The van der Waals surface area contributed by atoms with Crippen LogP contribution in [0.2, 0.25) is 5.02 Å². The Morgan fingerprint density at radius 3 is 2.40 bits per heavy atom. The molecule has 0 aromatic heterocycles. The van der Waals surface area contributed by atoms with Crippen LogP contribution in [-0.4, -0.2) is 10.8 Å². The first-order valence-corrected chi connectivity index (χ1v) is 6.17. The van der Waals surface area contributed by atoms with Crippen LogP contribution < -0.4 is 5.32 Å². The van der Waals surface area contributed by atoms with Gasteiger partial charge in [0, 0.05) is 27.9 Å². The van der Waals surface area contributed by atoms with Crippen LogP contribution in [-0.2, 0) is 0 Å². The number of anilines is 1. The van der Waals surface area contributed by atoms with Crippen LogP contribution in [0.1, 0.15) is 15.9 Å². The zero-order valence-electron chi connectivity index (χ0n) is 10.6. The number of hydrogen-bond acceptors (Lipinski definition) is 3. The highest BCUT2D eigenvalue weighted by atomic mass is 35.5. The second-order valence-corrected chi connectivity index (χ2v) is 4.66. The smallest absolute Gasteiger partial charge is 0.272 e. The normalized spacial score (nSPS) is 10.1. The molecule has 0 unspecified atom stereocenters. The van der Waals surface area contributed by atoms with Crippen LogP contribution in [0.25, 0.3) is 0 Å². The second-order valence-electron chi connectivity index (χ2n) is 4.22. The minimum Gasteiger partial charge on any atom is -0.322 e. The topological polar surface area (TPSA) is 72.2 Å². The van der Waals surface area contributed by atoms with Crippen molar-refractivity contribution < 1.29 is 9.72 Å². The lowest BCUT2D eigenvalue weighted by Crippen LogP contribution is -2.12. The lowest BCUT2D eigenvalue weighted by atomic mass is 10.1. The number of nitrogens with zero attached hydrogens (tertiary/aromatic N) is 1. The van der Waals surface area contributed by atoms with Gasteiger partial charge >= 0.3 is 0 Å². The lowest BCUT2D eigenvalue weighted by Gasteiger charge is -2.06. The van der Waals surface area contributed by atoms with Gasteiger partial charge in [0.2, 0.25) is 0 Å². The number of nitrogens with one attached hydrogen (secondary N) is 1. The molecule has 0 saturated carbocycles. The van der Waals surface area contributed by atoms with E-state index in [1.54, 1.807) is 31.2 Å². The van der Waals surface area contributed by atoms with Gasteiger partial charge < -0.3 is 5.32 Å². The van der Waals surface area contributed by atoms with Crippen molar-refractivity contribution in [2.24, 2.45) is 0 Å². The number of rotatable bonds is 3. The van der Waals surface area contributed by atoms with Crippen LogP contribution in [0.15, 0.2) is 42.5 Å². The summed E-state index contributed by atoms with van der Waals surface area (Å²) in [6.07, 6.45) is 0. The third-order valence-electron chi connectivity index (χ3n) is 2.76. The van der Waals surface area contributed by atoms with Gasteiger partial charge in [-0.05, 0) is 43.3 Å². The number of hydrogen-bond donors (Lipinski definition) is 1. The van der Waals surface area contributed by atoms with Crippen LogP contribution in [0.5, 0.6) is 0 Å². The summed E-state index contributed by atoms with van der Waals surface area (Å²) in [7, 11) is 0. The summed E-state index contributed by atoms with van der Waals surface area (Å²) in [5.41, 5.74) is 1.41. The van der Waals surface area contributed by atoms with Crippen molar-refractivity contribution in [2.75, 3.05) is 5.32 Å². The summed E-state index contributed by atoms with van der Waals surface area (Å²) in [6, 6.07) is 10.9. The summed E-state index contributed by atoms with van der Waals surface area (Å²) in [5, 5.41) is 14.0. The molecule has 1 N–H and O–H groups in total. The van der Waals surface area contributed by atoms with Crippen molar-refractivity contribution >= 4 is 28.9 Å². The molecular formula is C14H11ClN2O3. The van der Waals surface area contributed by atoms with Crippen molar-refractivity contribution in [3.63, 3.8) is 0 Å². The van der Waals surface area contributed by atoms with Gasteiger partial charge in [-0.15, -0.1) is 0 Å². The monoisotopic (exact) mass is 290 g/mol. The van der Waals surface area contributed by atoms with Crippen molar-refractivity contribution in [3.05, 3.63) is 68.7 Å². The number of nitro groups is 1. The van der Waals surface area contributed by atoms with E-state index in [0.717, 1.165) is 0 Å². The number of benzene rings is 2. The Morgan fingerprint density at radius 2 is 1.85 bits per heavy atom. The zero-order chi connectivity index (χ0) is 14.7. The predicted octanol–water partition coefficient (Wildman–Crippen LogP) is 3.81. The van der Waals surface area contributed by atoms with E-state index in [1.807, 2.05) is 0 Å². The number of nitro benzene ring substituents is 1. The first-order chi connectivity index (χ1) is 9.47. The molecule has 0 spiro atoms. The second kappa shape index (κ2) is 5.71. The van der Waals surface area contributed by atoms with Crippen LogP contribution in [0.4, 0.5) is 11.4 Å². The molecule has 1 amide bonds. The molecule has 0 bridgehead atoms. The summed E-state index contributed by atoms with van der Waals surface area (Å²) in [5.74, 6) is -0.328. The van der Waals surface area contributed by atoms with Crippen molar-refractivity contribution in [1.29, 1.82) is 0 Å². The molecule has 5 nitrogen and oxygen atoms in total. The SMILES string of the molecule is Cc1cc(C(=O)Nc2ccc(Cl)cc2)ccc1[N+](=O)[O-]. The first kappa shape index (κ1) is 14.0. The Kier molecular flexibility index (Phi) is 4.00. The molecule has 102 valence electrons. The molecule has 2 aromatic carbocycles. The molecule has 0 aliphatic rings. The number of halogens is 1. The molecule has 0 saturated heterocycles. The molecule has 2 rings (SSSR count). The van der Waals surface area contributed by atoms with Crippen LogP contribution in [0.3, 0.4) is 0 Å². The van der Waals surface area contributed by atoms with Gasteiger partial charge in [0.25, 0.3) is 11.6 Å². The summed E-state index contributed by atoms with van der Waals surface area (Å²) in [6.45, 7) is 1.59. The summed E-state index contributed by atoms with van der Waals surface area (Å²) < 4.78 is 0. The van der Waals surface area contributed by atoms with Crippen molar-refractivity contribution in [3.8, 4) is 0 Å². The zero-order valence-corrected chi connectivity index (χ0v) is 11.3. The van der Waals surface area contributed by atoms with E-state index in [1.165, 1.54) is 18.2 Å². The quantitative estimate of drug-likeness (QED) is 0.690. The molecule has 2 aromatic rings. The third-order valence-corrected chi connectivity index (χ3v) is 3.01. The highest BCUT2D eigenvalue weighted by molar-refractivity contribution is 6.30. The van der Waals surface area contributed by atoms with E-state index < -0.39 is 4.92 Å². The number of carbonyl (C=O) groups is 1. The average molecular weight is 291 g/mol. The maximum Gasteiger partial charge on any atom is 0.272 e. The van der Waals surface area contributed by atoms with Gasteiger partial charge in [-0.25, -0.2) is 0 Å². The highest BCUT2D eigenvalue weighted by Gasteiger charge is 2.13. The molecule has 20 heavy (non-hydrogen) atoms. The minimum absolute atomic E-state index is 0.00644. The predicted molar refractivity (Wildman–Crippen MR) is 77.2 cm³/mol. The number of aryl methyl sites for hydroxylation is 1. The molecule has 0 heterocycles.